The number of ether oxygens (including phenoxy) is 1. The van der Waals surface area contributed by atoms with Crippen LogP contribution in [0, 0.1) is 6.92 Å². The zero-order valence-corrected chi connectivity index (χ0v) is 9.95. The Labute approximate surface area is 96.6 Å². The number of benzene rings is 1. The third-order valence-electron chi connectivity index (χ3n) is 3.51. The average Bonchev–Trinajstić information content (AvgIpc) is 2.16. The minimum atomic E-state index is -0.469. The van der Waals surface area contributed by atoms with E-state index in [1.807, 2.05) is 25.1 Å². The van der Waals surface area contributed by atoms with Gasteiger partial charge in [0.15, 0.2) is 5.78 Å². The molecule has 0 saturated heterocycles. The predicted octanol–water partition coefficient (Wildman–Crippen LogP) is 2.68. The Bertz CT molecular complexity index is 386. The first-order valence-corrected chi connectivity index (χ1v) is 5.80. The van der Waals surface area contributed by atoms with Crippen LogP contribution in [-0.2, 0) is 16.0 Å². The number of carbonyl (C=O) groups excluding carboxylic acids is 1. The van der Waals surface area contributed by atoms with Crippen LogP contribution in [-0.4, -0.2) is 18.5 Å². The van der Waals surface area contributed by atoms with Gasteiger partial charge in [-0.3, -0.25) is 4.79 Å². The maximum atomic E-state index is 12.1. The van der Waals surface area contributed by atoms with Gasteiger partial charge in [-0.15, -0.1) is 0 Å². The van der Waals surface area contributed by atoms with E-state index in [1.165, 1.54) is 5.56 Å². The van der Waals surface area contributed by atoms with Crippen molar-refractivity contribution in [3.05, 3.63) is 35.4 Å². The molecule has 0 atom stereocenters. The number of carbonyl (C=O) groups is 1. The van der Waals surface area contributed by atoms with Gasteiger partial charge < -0.3 is 4.74 Å². The first-order valence-electron chi connectivity index (χ1n) is 5.80. The van der Waals surface area contributed by atoms with Crippen LogP contribution in [0.3, 0.4) is 0 Å². The van der Waals surface area contributed by atoms with Crippen molar-refractivity contribution in [3.8, 4) is 0 Å². The molecule has 86 valence electrons. The number of methoxy groups -OCH3 is 1. The molecule has 1 aromatic rings. The number of hydrogen-bond acceptors (Lipinski definition) is 2. The lowest BCUT2D eigenvalue weighted by Crippen LogP contribution is -2.47. The van der Waals surface area contributed by atoms with Crippen LogP contribution in [0.2, 0.25) is 0 Å². The summed E-state index contributed by atoms with van der Waals surface area (Å²) in [5, 5.41) is 0. The third-order valence-corrected chi connectivity index (χ3v) is 3.51. The van der Waals surface area contributed by atoms with Gasteiger partial charge in [0.2, 0.25) is 0 Å². The van der Waals surface area contributed by atoms with Gasteiger partial charge in [-0.1, -0.05) is 29.8 Å². The maximum Gasteiger partial charge on any atom is 0.168 e. The Morgan fingerprint density at radius 3 is 2.69 bits per heavy atom. The van der Waals surface area contributed by atoms with E-state index >= 15 is 0 Å². The summed E-state index contributed by atoms with van der Waals surface area (Å²) >= 11 is 0. The van der Waals surface area contributed by atoms with Crippen molar-refractivity contribution in [2.75, 3.05) is 7.11 Å². The molecular weight excluding hydrogens is 200 g/mol. The van der Waals surface area contributed by atoms with Crippen molar-refractivity contribution in [2.45, 2.75) is 38.2 Å². The minimum absolute atomic E-state index is 0.229. The summed E-state index contributed by atoms with van der Waals surface area (Å²) < 4.78 is 5.39. The summed E-state index contributed by atoms with van der Waals surface area (Å²) in [6, 6.07) is 8.12. The van der Waals surface area contributed by atoms with Gasteiger partial charge in [0, 0.05) is 13.5 Å². The average molecular weight is 218 g/mol. The summed E-state index contributed by atoms with van der Waals surface area (Å²) in [7, 11) is 1.65. The number of aryl methyl sites for hydroxylation is 1. The second-order valence-electron chi connectivity index (χ2n) is 4.64. The van der Waals surface area contributed by atoms with E-state index in [4.69, 9.17) is 4.74 Å². The zero-order chi connectivity index (χ0) is 11.6. The number of Topliss-reactive ketones (excluding diaryl/α,β-unsaturated/α-hetero) is 1. The van der Waals surface area contributed by atoms with E-state index in [0.717, 1.165) is 24.8 Å². The maximum absolute atomic E-state index is 12.1. The lowest BCUT2D eigenvalue weighted by atomic mass is 9.75. The van der Waals surface area contributed by atoms with E-state index in [9.17, 15) is 4.79 Å². The van der Waals surface area contributed by atoms with Crippen molar-refractivity contribution in [1.82, 2.24) is 0 Å². The third kappa shape index (κ3) is 2.03. The topological polar surface area (TPSA) is 26.3 Å². The van der Waals surface area contributed by atoms with Gasteiger partial charge in [-0.25, -0.2) is 0 Å². The molecule has 1 aliphatic rings. The number of hydrogen-bond donors (Lipinski definition) is 0. The van der Waals surface area contributed by atoms with Crippen molar-refractivity contribution in [3.63, 3.8) is 0 Å². The van der Waals surface area contributed by atoms with Gasteiger partial charge in [-0.05, 0) is 31.7 Å². The minimum Gasteiger partial charge on any atom is -0.370 e. The van der Waals surface area contributed by atoms with Crippen molar-refractivity contribution < 1.29 is 9.53 Å². The van der Waals surface area contributed by atoms with Crippen molar-refractivity contribution in [2.24, 2.45) is 0 Å². The summed E-state index contributed by atoms with van der Waals surface area (Å²) in [6.45, 7) is 2.05. The van der Waals surface area contributed by atoms with Crippen molar-refractivity contribution >= 4 is 5.78 Å². The van der Waals surface area contributed by atoms with E-state index in [2.05, 4.69) is 6.07 Å². The molecule has 0 amide bonds. The lowest BCUT2D eigenvalue weighted by Gasteiger charge is -2.38. The highest BCUT2D eigenvalue weighted by molar-refractivity contribution is 5.90. The smallest absolute Gasteiger partial charge is 0.168 e. The molecule has 16 heavy (non-hydrogen) atoms. The van der Waals surface area contributed by atoms with Gasteiger partial charge >= 0.3 is 0 Å². The van der Waals surface area contributed by atoms with Gasteiger partial charge in [0.25, 0.3) is 0 Å². The highest BCUT2D eigenvalue weighted by Crippen LogP contribution is 2.36. The largest absolute Gasteiger partial charge is 0.370 e. The lowest BCUT2D eigenvalue weighted by molar-refractivity contribution is -0.151. The second-order valence-corrected chi connectivity index (χ2v) is 4.64. The highest BCUT2D eigenvalue weighted by atomic mass is 16.5. The molecule has 1 aliphatic carbocycles. The van der Waals surface area contributed by atoms with E-state index in [1.54, 1.807) is 7.11 Å². The van der Waals surface area contributed by atoms with Gasteiger partial charge in [-0.2, -0.15) is 0 Å². The summed E-state index contributed by atoms with van der Waals surface area (Å²) in [5.74, 6) is 0.229. The monoisotopic (exact) mass is 218 g/mol. The van der Waals surface area contributed by atoms with E-state index in [0.29, 0.717) is 6.42 Å². The molecule has 2 heteroatoms. The van der Waals surface area contributed by atoms with Crippen LogP contribution in [0.1, 0.15) is 30.4 Å². The molecule has 0 bridgehead atoms. The van der Waals surface area contributed by atoms with Crippen LogP contribution in [0.25, 0.3) is 0 Å². The fourth-order valence-electron chi connectivity index (χ4n) is 2.26. The SMILES string of the molecule is COC1(C(=O)Cc2cccc(C)c2)CCC1. The van der Waals surface area contributed by atoms with Crippen molar-refractivity contribution in [1.29, 1.82) is 0 Å². The van der Waals surface area contributed by atoms with E-state index < -0.39 is 5.60 Å². The first kappa shape index (κ1) is 11.3. The molecule has 2 nitrogen and oxygen atoms in total. The Morgan fingerprint density at radius 1 is 1.44 bits per heavy atom. The van der Waals surface area contributed by atoms with Gasteiger partial charge in [0.05, 0.1) is 0 Å². The van der Waals surface area contributed by atoms with Crippen LogP contribution in [0.15, 0.2) is 24.3 Å². The Hall–Kier alpha value is -1.15. The molecule has 2 rings (SSSR count). The van der Waals surface area contributed by atoms with E-state index in [-0.39, 0.29) is 5.78 Å². The number of ketones is 1. The molecule has 1 fully saturated rings. The summed E-state index contributed by atoms with van der Waals surface area (Å²) in [6.07, 6.45) is 3.37. The van der Waals surface area contributed by atoms with Crippen LogP contribution >= 0.6 is 0 Å². The zero-order valence-electron chi connectivity index (χ0n) is 9.95. The normalized spacial score (nSPS) is 17.9. The predicted molar refractivity (Wildman–Crippen MR) is 63.5 cm³/mol. The second kappa shape index (κ2) is 4.38. The van der Waals surface area contributed by atoms with Crippen LogP contribution < -0.4 is 0 Å². The Kier molecular flexibility index (Phi) is 3.10. The molecule has 0 aromatic heterocycles. The fourth-order valence-corrected chi connectivity index (χ4v) is 2.26. The van der Waals surface area contributed by atoms with Crippen LogP contribution in [0.5, 0.6) is 0 Å². The summed E-state index contributed by atoms with van der Waals surface area (Å²) in [5.41, 5.74) is 1.82. The molecule has 0 radical (unpaired) electrons. The van der Waals surface area contributed by atoms with Gasteiger partial charge in [0.1, 0.15) is 5.60 Å². The molecule has 0 heterocycles. The quantitative estimate of drug-likeness (QED) is 0.776. The molecule has 0 aliphatic heterocycles. The standard InChI is InChI=1S/C14H18O2/c1-11-5-3-6-12(9-11)10-13(15)14(16-2)7-4-8-14/h3,5-6,9H,4,7-8,10H2,1-2H3. The highest BCUT2D eigenvalue weighted by Gasteiger charge is 2.43. The van der Waals surface area contributed by atoms with Crippen LogP contribution in [0.4, 0.5) is 0 Å². The molecule has 0 N–H and O–H groups in total. The number of rotatable bonds is 4. The molecule has 1 aromatic carbocycles. The molecule has 1 saturated carbocycles. The summed E-state index contributed by atoms with van der Waals surface area (Å²) in [4.78, 5) is 12.1. The molecule has 0 spiro atoms. The molecule has 0 unspecified atom stereocenters. The Morgan fingerprint density at radius 2 is 2.19 bits per heavy atom. The Balaban J connectivity index is 2.07. The fraction of sp³-hybridized carbons (Fsp3) is 0.500. The molecular formula is C14H18O2. The first-order chi connectivity index (χ1) is 7.66.